The van der Waals surface area contributed by atoms with E-state index in [-0.39, 0.29) is 23.9 Å². The number of nitrogens with two attached hydrogens (primary N) is 1. The highest BCUT2D eigenvalue weighted by Crippen LogP contribution is 2.45. The van der Waals surface area contributed by atoms with Gasteiger partial charge in [0.05, 0.1) is 27.3 Å². The van der Waals surface area contributed by atoms with Crippen molar-refractivity contribution in [3.8, 4) is 17.6 Å². The predicted octanol–water partition coefficient (Wildman–Crippen LogP) is 4.30. The van der Waals surface area contributed by atoms with Gasteiger partial charge in [-0.15, -0.1) is 0 Å². The fraction of sp³-hybridized carbons (Fsp3) is 0.182. The molecule has 1 aromatic heterocycles. The smallest absolute Gasteiger partial charge is 0.229 e. The summed E-state index contributed by atoms with van der Waals surface area (Å²) < 4.78 is 21.5. The molecule has 0 saturated heterocycles. The van der Waals surface area contributed by atoms with E-state index < -0.39 is 5.92 Å². The molecule has 1 unspecified atom stereocenters. The summed E-state index contributed by atoms with van der Waals surface area (Å²) in [4.78, 5) is 0. The summed E-state index contributed by atoms with van der Waals surface area (Å²) in [5.74, 6) is -0.389. The number of aliphatic hydroxyl groups excluding tert-OH is 1. The first kappa shape index (κ1) is 21.6. The number of hydrogen-bond acceptors (Lipinski definition) is 5. The lowest BCUT2D eigenvalue weighted by Gasteiger charge is -2.25. The molecular weight excluding hydrogens is 451 g/mol. The molecule has 0 aliphatic carbocycles. The Labute approximate surface area is 182 Å². The zero-order valence-electron chi connectivity index (χ0n) is 16.4. The van der Waals surface area contributed by atoms with Gasteiger partial charge in [0.25, 0.3) is 0 Å². The maximum atomic E-state index is 13.7. The minimum absolute atomic E-state index is 0.0209. The Balaban J connectivity index is 0.000000806. The van der Waals surface area contributed by atoms with Gasteiger partial charge in [-0.2, -0.15) is 10.4 Å². The molecule has 30 heavy (non-hydrogen) atoms. The van der Waals surface area contributed by atoms with Gasteiger partial charge in [0.1, 0.15) is 17.5 Å². The minimum Gasteiger partial charge on any atom is -0.422 e. The van der Waals surface area contributed by atoms with Crippen molar-refractivity contribution >= 4 is 15.9 Å². The number of aromatic nitrogens is 2. The van der Waals surface area contributed by atoms with E-state index in [1.807, 2.05) is 37.3 Å². The van der Waals surface area contributed by atoms with E-state index in [4.69, 9.17) is 15.6 Å². The van der Waals surface area contributed by atoms with Crippen LogP contribution in [-0.4, -0.2) is 21.5 Å². The van der Waals surface area contributed by atoms with E-state index in [1.54, 1.807) is 23.7 Å². The van der Waals surface area contributed by atoms with Crippen LogP contribution in [0.4, 0.5) is 4.39 Å². The highest BCUT2D eigenvalue weighted by molar-refractivity contribution is 9.10. The van der Waals surface area contributed by atoms with E-state index in [2.05, 4.69) is 27.1 Å². The van der Waals surface area contributed by atoms with Gasteiger partial charge in [-0.3, -0.25) is 0 Å². The molecule has 0 amide bonds. The van der Waals surface area contributed by atoms with Gasteiger partial charge >= 0.3 is 0 Å². The molecule has 4 rings (SSSR count). The Morgan fingerprint density at radius 1 is 1.30 bits per heavy atom. The normalized spacial score (nSPS) is 14.9. The van der Waals surface area contributed by atoms with Gasteiger partial charge in [-0.1, -0.05) is 24.3 Å². The van der Waals surface area contributed by atoms with Gasteiger partial charge in [0.15, 0.2) is 0 Å². The summed E-state index contributed by atoms with van der Waals surface area (Å²) in [5, 5.41) is 21.8. The Bertz CT molecular complexity index is 1140. The molecule has 0 saturated carbocycles. The molecule has 0 radical (unpaired) electrons. The van der Waals surface area contributed by atoms with Crippen LogP contribution in [-0.2, 0) is 0 Å². The number of aryl methyl sites for hydroxylation is 1. The van der Waals surface area contributed by atoms with Crippen molar-refractivity contribution in [2.45, 2.75) is 19.8 Å². The van der Waals surface area contributed by atoms with Crippen LogP contribution in [0, 0.1) is 24.1 Å². The van der Waals surface area contributed by atoms with Crippen molar-refractivity contribution in [1.82, 2.24) is 9.78 Å². The van der Waals surface area contributed by atoms with Gasteiger partial charge in [-0.25, -0.2) is 9.07 Å². The molecule has 8 heteroatoms. The van der Waals surface area contributed by atoms with Crippen molar-refractivity contribution in [3.05, 3.63) is 87.1 Å². The van der Waals surface area contributed by atoms with E-state index in [0.29, 0.717) is 16.0 Å². The third kappa shape index (κ3) is 3.95. The Morgan fingerprint density at radius 3 is 2.57 bits per heavy atom. The van der Waals surface area contributed by atoms with Gasteiger partial charge < -0.3 is 15.6 Å². The molecule has 1 aliphatic rings. The lowest BCUT2D eigenvalue weighted by atomic mass is 9.84. The molecule has 154 valence electrons. The van der Waals surface area contributed by atoms with Crippen LogP contribution >= 0.6 is 15.9 Å². The average molecular weight is 471 g/mol. The summed E-state index contributed by atoms with van der Waals surface area (Å²) in [5.41, 5.74) is 9.32. The van der Waals surface area contributed by atoms with Crippen molar-refractivity contribution in [2.24, 2.45) is 5.73 Å². The van der Waals surface area contributed by atoms with Crippen LogP contribution in [0.3, 0.4) is 0 Å². The lowest BCUT2D eigenvalue weighted by molar-refractivity contribution is 0.318. The Morgan fingerprint density at radius 2 is 1.97 bits per heavy atom. The van der Waals surface area contributed by atoms with E-state index >= 15 is 0 Å². The molecule has 2 heterocycles. The maximum absolute atomic E-state index is 13.7. The second-order valence-electron chi connectivity index (χ2n) is 6.47. The molecular formula is C22H20BrFN4O2. The number of para-hydroxylation sites is 1. The average Bonchev–Trinajstić information content (AvgIpc) is 3.06. The van der Waals surface area contributed by atoms with Crippen molar-refractivity contribution in [2.75, 3.05) is 6.61 Å². The standard InChI is InChI=1S/C20H14BrFN4O.C2H6O/c1-11-17-18(12-7-8-16(22)15(21)9-12)14(10-23)19(24)27-20(17)26(25-11)13-5-3-2-4-6-13;1-2-3/h2-9,18H,24H2,1H3;3H,2H2,1H3. The van der Waals surface area contributed by atoms with Crippen molar-refractivity contribution < 1.29 is 14.2 Å². The Kier molecular flexibility index (Phi) is 6.55. The number of nitriles is 1. The first-order chi connectivity index (χ1) is 14.4. The molecule has 6 nitrogen and oxygen atoms in total. The minimum atomic E-state index is -0.492. The molecule has 0 bridgehead atoms. The highest BCUT2D eigenvalue weighted by atomic mass is 79.9. The lowest BCUT2D eigenvalue weighted by Crippen LogP contribution is -2.22. The van der Waals surface area contributed by atoms with Crippen molar-refractivity contribution in [3.63, 3.8) is 0 Å². The van der Waals surface area contributed by atoms with Gasteiger partial charge in [-0.05, 0) is 59.6 Å². The van der Waals surface area contributed by atoms with Crippen LogP contribution in [0.1, 0.15) is 29.7 Å². The first-order valence-corrected chi connectivity index (χ1v) is 10.0. The number of nitrogens with zero attached hydrogens (tertiary/aromatic N) is 3. The van der Waals surface area contributed by atoms with Gasteiger partial charge in [0, 0.05) is 6.61 Å². The van der Waals surface area contributed by atoms with Crippen LogP contribution in [0.5, 0.6) is 5.88 Å². The summed E-state index contributed by atoms with van der Waals surface area (Å²) in [7, 11) is 0. The molecule has 1 atom stereocenters. The zero-order chi connectivity index (χ0) is 21.8. The quantitative estimate of drug-likeness (QED) is 0.581. The second-order valence-corrected chi connectivity index (χ2v) is 7.32. The number of benzene rings is 2. The van der Waals surface area contributed by atoms with Crippen LogP contribution in [0.2, 0.25) is 0 Å². The topological polar surface area (TPSA) is 97.1 Å². The molecule has 3 N–H and O–H groups in total. The maximum Gasteiger partial charge on any atom is 0.229 e. The third-order valence-electron chi connectivity index (χ3n) is 4.51. The molecule has 3 aromatic rings. The number of fused-ring (bicyclic) bond motifs is 1. The fourth-order valence-corrected chi connectivity index (χ4v) is 3.68. The number of hydrogen-bond donors (Lipinski definition) is 2. The largest absolute Gasteiger partial charge is 0.422 e. The predicted molar refractivity (Wildman–Crippen MR) is 114 cm³/mol. The fourth-order valence-electron chi connectivity index (χ4n) is 3.28. The van der Waals surface area contributed by atoms with Crippen LogP contribution in [0.15, 0.2) is 64.5 Å². The number of aliphatic hydroxyl groups is 1. The molecule has 1 aliphatic heterocycles. The SMILES string of the molecule is CCO.Cc1nn(-c2ccccc2)c2c1C(c1ccc(F)c(Br)c1)C(C#N)=C(N)O2. The summed E-state index contributed by atoms with van der Waals surface area (Å²) in [6.45, 7) is 3.78. The number of ether oxygens (including phenoxy) is 1. The van der Waals surface area contributed by atoms with Crippen molar-refractivity contribution in [1.29, 1.82) is 5.26 Å². The number of rotatable bonds is 2. The first-order valence-electron chi connectivity index (χ1n) is 9.21. The number of allylic oxidation sites excluding steroid dienone is 1. The zero-order valence-corrected chi connectivity index (χ0v) is 18.0. The third-order valence-corrected chi connectivity index (χ3v) is 5.12. The summed E-state index contributed by atoms with van der Waals surface area (Å²) in [6.07, 6.45) is 0. The highest BCUT2D eigenvalue weighted by Gasteiger charge is 2.36. The molecule has 2 aromatic carbocycles. The summed E-state index contributed by atoms with van der Waals surface area (Å²) in [6, 6.07) is 16.3. The summed E-state index contributed by atoms with van der Waals surface area (Å²) >= 11 is 3.21. The van der Waals surface area contributed by atoms with E-state index in [0.717, 1.165) is 16.8 Å². The Hall–Kier alpha value is -3.15. The number of halogens is 2. The van der Waals surface area contributed by atoms with E-state index in [1.165, 1.54) is 6.07 Å². The van der Waals surface area contributed by atoms with Crippen LogP contribution in [0.25, 0.3) is 5.69 Å². The monoisotopic (exact) mass is 470 g/mol. The molecule has 0 spiro atoms. The van der Waals surface area contributed by atoms with E-state index in [9.17, 15) is 9.65 Å². The van der Waals surface area contributed by atoms with Crippen LogP contribution < -0.4 is 10.5 Å². The second kappa shape index (κ2) is 9.11. The molecule has 0 fully saturated rings. The van der Waals surface area contributed by atoms with Gasteiger partial charge in [0.2, 0.25) is 11.8 Å².